The van der Waals surface area contributed by atoms with Gasteiger partial charge in [0, 0.05) is 12.7 Å². The number of aliphatic hydroxyl groups is 1. The van der Waals surface area contributed by atoms with Crippen LogP contribution >= 0.6 is 7.14 Å². The maximum Gasteiger partial charge on any atom is 0.425 e. The number of imide groups is 1. The summed E-state index contributed by atoms with van der Waals surface area (Å²) in [6, 6.07) is 0. The van der Waals surface area contributed by atoms with Crippen molar-refractivity contribution in [3.8, 4) is 0 Å². The van der Waals surface area contributed by atoms with Crippen LogP contribution < -0.4 is 4.90 Å². The predicted molar refractivity (Wildman–Crippen MR) is 125 cm³/mol. The number of amides is 2. The van der Waals surface area contributed by atoms with Crippen molar-refractivity contribution in [1.29, 1.82) is 0 Å². The zero-order valence-corrected chi connectivity index (χ0v) is 21.7. The number of carbonyl (C=O) groups excluding carboxylic acids is 2. The lowest BCUT2D eigenvalue weighted by atomic mass is 10.2. The van der Waals surface area contributed by atoms with Gasteiger partial charge in [-0.15, -0.1) is 0 Å². The molecule has 0 aromatic carbocycles. The summed E-state index contributed by atoms with van der Waals surface area (Å²) in [5.41, 5.74) is -1.96. The Labute approximate surface area is 198 Å². The minimum Gasteiger partial charge on any atom is -0.443 e. The second-order valence-corrected chi connectivity index (χ2v) is 13.9. The van der Waals surface area contributed by atoms with Crippen molar-refractivity contribution in [2.24, 2.45) is 0 Å². The molecular formula is C21H33FN5O6P. The second kappa shape index (κ2) is 9.95. The van der Waals surface area contributed by atoms with Crippen molar-refractivity contribution >= 4 is 36.3 Å². The summed E-state index contributed by atoms with van der Waals surface area (Å²) in [5, 5.41) is 10.2. The summed E-state index contributed by atoms with van der Waals surface area (Å²) in [6.07, 6.45) is -2.60. The fourth-order valence-corrected chi connectivity index (χ4v) is 4.17. The van der Waals surface area contributed by atoms with Gasteiger partial charge in [-0.2, -0.15) is 19.3 Å². The summed E-state index contributed by atoms with van der Waals surface area (Å²) in [5.74, 6) is -0.433. The van der Waals surface area contributed by atoms with Gasteiger partial charge in [-0.1, -0.05) is 0 Å². The first kappa shape index (κ1) is 27.7. The molecule has 0 fully saturated rings. The molecule has 0 aliphatic rings. The number of nitrogens with zero attached hydrogens (tertiary/aromatic N) is 5. The van der Waals surface area contributed by atoms with Crippen LogP contribution in [-0.2, 0) is 20.6 Å². The van der Waals surface area contributed by atoms with Crippen LogP contribution in [0.3, 0.4) is 0 Å². The highest BCUT2D eigenvalue weighted by Crippen LogP contribution is 2.37. The molecule has 2 heterocycles. The van der Waals surface area contributed by atoms with Gasteiger partial charge >= 0.3 is 18.3 Å². The summed E-state index contributed by atoms with van der Waals surface area (Å²) in [4.78, 5) is 37.9. The van der Waals surface area contributed by atoms with E-state index in [1.165, 1.54) is 10.9 Å². The Morgan fingerprint density at radius 1 is 1.12 bits per heavy atom. The largest absolute Gasteiger partial charge is 0.443 e. The molecular weight excluding hydrogens is 468 g/mol. The average Bonchev–Trinajstić information content (AvgIpc) is 2.98. The van der Waals surface area contributed by atoms with E-state index in [1.807, 2.05) is 0 Å². The van der Waals surface area contributed by atoms with Gasteiger partial charge in [0.15, 0.2) is 17.0 Å². The zero-order valence-electron chi connectivity index (χ0n) is 20.8. The van der Waals surface area contributed by atoms with Gasteiger partial charge < -0.3 is 23.7 Å². The van der Waals surface area contributed by atoms with Crippen molar-refractivity contribution < 1.29 is 33.1 Å². The number of aliphatic hydroxyl groups excluding tert-OH is 1. The van der Waals surface area contributed by atoms with Gasteiger partial charge in [0.05, 0.1) is 19.6 Å². The number of carbonyl (C=O) groups is 2. The number of ether oxygens (including phenoxy) is 2. The van der Waals surface area contributed by atoms with Gasteiger partial charge in [-0.25, -0.2) is 14.6 Å². The number of rotatable bonds is 6. The fourth-order valence-electron chi connectivity index (χ4n) is 2.97. The zero-order chi connectivity index (χ0) is 26.1. The number of fused-ring (bicyclic) bond motifs is 1. The normalized spacial score (nSPS) is 13.6. The Morgan fingerprint density at radius 3 is 2.12 bits per heavy atom. The number of aryl methyl sites for hydroxylation is 1. The van der Waals surface area contributed by atoms with Crippen molar-refractivity contribution in [1.82, 2.24) is 19.5 Å². The van der Waals surface area contributed by atoms with E-state index in [2.05, 4.69) is 15.0 Å². The van der Waals surface area contributed by atoms with Crippen LogP contribution in [0.5, 0.6) is 0 Å². The Hall–Kier alpha value is -2.59. The molecule has 2 aromatic heterocycles. The molecule has 0 bridgehead atoms. The smallest absolute Gasteiger partial charge is 0.425 e. The average molecular weight is 501 g/mol. The van der Waals surface area contributed by atoms with Crippen LogP contribution in [0.4, 0.5) is 19.8 Å². The minimum absolute atomic E-state index is 0.00277. The molecule has 2 rings (SSSR count). The van der Waals surface area contributed by atoms with E-state index in [0.29, 0.717) is 4.90 Å². The molecule has 1 atom stereocenters. The van der Waals surface area contributed by atoms with Gasteiger partial charge in [-0.05, 0) is 61.3 Å². The molecule has 190 valence electrons. The molecule has 0 saturated carbocycles. The third-order valence-electron chi connectivity index (χ3n) is 4.14. The Morgan fingerprint density at radius 2 is 1.65 bits per heavy atom. The lowest BCUT2D eigenvalue weighted by Crippen LogP contribution is -2.44. The highest BCUT2D eigenvalue weighted by atomic mass is 31.2. The summed E-state index contributed by atoms with van der Waals surface area (Å²) in [6.45, 7) is 13.0. The molecule has 1 N–H and O–H groups in total. The Balaban J connectivity index is 2.49. The van der Waals surface area contributed by atoms with Crippen molar-refractivity contribution in [3.63, 3.8) is 0 Å². The van der Waals surface area contributed by atoms with Gasteiger partial charge in [0.2, 0.25) is 0 Å². The molecule has 0 saturated heterocycles. The topological polar surface area (TPSA) is 137 Å². The summed E-state index contributed by atoms with van der Waals surface area (Å²) < 4.78 is 38.5. The number of halogens is 1. The quantitative estimate of drug-likeness (QED) is 0.460. The second-order valence-electron chi connectivity index (χ2n) is 10.4. The minimum atomic E-state index is -2.43. The van der Waals surface area contributed by atoms with Crippen molar-refractivity contribution in [2.45, 2.75) is 71.8 Å². The molecule has 34 heavy (non-hydrogen) atoms. The number of imidazole rings is 1. The molecule has 11 nitrogen and oxygen atoms in total. The lowest BCUT2D eigenvalue weighted by molar-refractivity contribution is 0.0429. The molecule has 2 aromatic rings. The van der Waals surface area contributed by atoms with E-state index in [0.717, 1.165) is 0 Å². The predicted octanol–water partition coefficient (Wildman–Crippen LogP) is 4.02. The van der Waals surface area contributed by atoms with E-state index in [9.17, 15) is 23.7 Å². The first-order valence-electron chi connectivity index (χ1n) is 10.7. The Bertz CT molecular complexity index is 1070. The third kappa shape index (κ3) is 8.02. The van der Waals surface area contributed by atoms with Crippen molar-refractivity contribution in [3.05, 3.63) is 12.4 Å². The van der Waals surface area contributed by atoms with E-state index < -0.39 is 48.5 Å². The van der Waals surface area contributed by atoms with Crippen LogP contribution in [0.2, 0.25) is 0 Å². The first-order chi connectivity index (χ1) is 15.4. The van der Waals surface area contributed by atoms with Crippen LogP contribution in [0.1, 0.15) is 48.0 Å². The number of aromatic nitrogens is 4. The number of hydrogen-bond acceptors (Lipinski definition) is 9. The van der Waals surface area contributed by atoms with Crippen LogP contribution in [0, 0.1) is 6.08 Å². The number of hydrogen-bond donors (Lipinski definition) is 1. The lowest BCUT2D eigenvalue weighted by Gasteiger charge is -2.28. The van der Waals surface area contributed by atoms with Gasteiger partial charge in [-0.3, -0.25) is 0 Å². The Kier molecular flexibility index (Phi) is 8.09. The molecule has 0 aliphatic carbocycles. The molecule has 0 spiro atoms. The maximum atomic E-state index is 14.5. The van der Waals surface area contributed by atoms with E-state index in [4.69, 9.17) is 9.47 Å². The summed E-state index contributed by atoms with van der Waals surface area (Å²) >= 11 is 0. The first-order valence-corrected chi connectivity index (χ1v) is 13.5. The molecule has 13 heteroatoms. The van der Waals surface area contributed by atoms with E-state index in [-0.39, 0.29) is 30.3 Å². The third-order valence-corrected chi connectivity index (χ3v) is 5.44. The van der Waals surface area contributed by atoms with Crippen LogP contribution in [-0.4, -0.2) is 73.6 Å². The number of anilines is 1. The molecule has 2 amide bonds. The van der Waals surface area contributed by atoms with Crippen LogP contribution in [0.15, 0.2) is 6.33 Å². The monoisotopic (exact) mass is 501 g/mol. The maximum absolute atomic E-state index is 14.5. The van der Waals surface area contributed by atoms with Crippen LogP contribution in [0.25, 0.3) is 11.2 Å². The molecule has 0 radical (unpaired) electrons. The summed E-state index contributed by atoms with van der Waals surface area (Å²) in [7, 11) is -2.43. The van der Waals surface area contributed by atoms with Crippen molar-refractivity contribution in [2.75, 3.05) is 24.4 Å². The van der Waals surface area contributed by atoms with E-state index >= 15 is 0 Å². The molecule has 0 unspecified atom stereocenters. The molecule has 0 aliphatic heterocycles. The SMILES string of the molecule is CC(C)(C)OC(=O)N(C(=O)OC(C)(C)C)c1nc(F)nc2c1ncn2CC[C@@H](O)CP(C)(C)=O. The van der Waals surface area contributed by atoms with Gasteiger partial charge in [0.25, 0.3) is 0 Å². The van der Waals surface area contributed by atoms with E-state index in [1.54, 1.807) is 54.9 Å². The highest BCUT2D eigenvalue weighted by molar-refractivity contribution is 7.62. The fraction of sp³-hybridized carbons (Fsp3) is 0.667. The van der Waals surface area contributed by atoms with Gasteiger partial charge in [0.1, 0.15) is 11.2 Å². The highest BCUT2D eigenvalue weighted by Gasteiger charge is 2.36. The standard InChI is InChI=1S/C21H33FN5O6P/c1-20(2,3)32-18(29)27(19(30)33-21(4,5)6)16-14-15(24-17(22)25-16)26(12-23-14)10-9-13(28)11-34(7,8)31/h12-13,28H,9-11H2,1-8H3/t13-/m1/s1.